The van der Waals surface area contributed by atoms with E-state index in [1.807, 2.05) is 6.08 Å². The minimum atomic E-state index is -5.09. The fourth-order valence-corrected chi connectivity index (χ4v) is 10.8. The van der Waals surface area contributed by atoms with Crippen molar-refractivity contribution < 1.29 is 51.8 Å². The molecule has 0 spiro atoms. The summed E-state index contributed by atoms with van der Waals surface area (Å²) in [5.41, 5.74) is 0. The molecule has 1 saturated heterocycles. The fraction of sp³-hybridized carbons (Fsp3) is 0.919. The van der Waals surface area contributed by atoms with E-state index in [1.54, 1.807) is 6.08 Å². The smallest absolute Gasteiger partial charge is 0.394 e. The molecular weight excluding hydrogens is 967 g/mol. The molecule has 12 nitrogen and oxygen atoms in total. The van der Waals surface area contributed by atoms with Gasteiger partial charge in [0.05, 0.1) is 25.4 Å². The number of rotatable bonds is 56. The quantitative estimate of drug-likeness (QED) is 0.0193. The van der Waals surface area contributed by atoms with Gasteiger partial charge >= 0.3 is 10.4 Å². The summed E-state index contributed by atoms with van der Waals surface area (Å²) in [7, 11) is -5.09. The standard InChI is InChI=1S/C62H119NO11S/c1-3-5-7-9-11-13-15-17-19-21-23-25-27-29-31-33-35-37-39-41-43-45-47-49-51-56(65)55(54-72-62-60(68)61(74-75(69,70)71)59(67)57(53-64)73-62)63-58(66)52-50-48-46-44-42-40-38-36-34-32-30-28-26-24-22-20-18-16-14-12-10-8-6-4-2/h30,32,49,51,55-57,59-62,64-65,67-68H,3-29,31,33-48,50,52-54H2,1-2H3,(H,63,66)(H,69,70,71)/b32-30-,51-49+. The van der Waals surface area contributed by atoms with Crippen molar-refractivity contribution in [3.05, 3.63) is 24.3 Å². The Balaban J connectivity index is 2.33. The molecule has 0 aromatic rings. The van der Waals surface area contributed by atoms with E-state index in [0.717, 1.165) is 44.9 Å². The highest BCUT2D eigenvalue weighted by atomic mass is 32.3. The molecule has 13 heteroatoms. The SMILES string of the molecule is CCCCCCCCCCCCCC/C=C\CCCCCCCCCCC(=O)NC(COC1OC(CO)C(O)C(OS(=O)(=O)O)C1O)C(O)/C=C/CCCCCCCCCCCCCCCCCCCCCCCC. The second-order valence-electron chi connectivity index (χ2n) is 22.4. The van der Waals surface area contributed by atoms with Crippen molar-refractivity contribution in [3.8, 4) is 0 Å². The molecule has 1 heterocycles. The molecule has 0 aliphatic carbocycles. The maximum atomic E-state index is 13.2. The van der Waals surface area contributed by atoms with E-state index < -0.39 is 59.9 Å². The van der Waals surface area contributed by atoms with Gasteiger partial charge in [-0.15, -0.1) is 0 Å². The molecule has 1 aliphatic heterocycles. The highest BCUT2D eigenvalue weighted by molar-refractivity contribution is 7.80. The van der Waals surface area contributed by atoms with Gasteiger partial charge in [-0.2, -0.15) is 8.42 Å². The molecule has 1 rings (SSSR count). The van der Waals surface area contributed by atoms with Crippen LogP contribution in [0.15, 0.2) is 24.3 Å². The molecular formula is C62H119NO11S. The lowest BCUT2D eigenvalue weighted by molar-refractivity contribution is -0.298. The van der Waals surface area contributed by atoms with Gasteiger partial charge in [-0.05, 0) is 44.9 Å². The molecule has 0 aromatic carbocycles. The Morgan fingerprint density at radius 2 is 0.853 bits per heavy atom. The lowest BCUT2D eigenvalue weighted by atomic mass is 9.99. The number of amides is 1. The first-order valence-corrected chi connectivity index (χ1v) is 33.1. The zero-order chi connectivity index (χ0) is 54.7. The summed E-state index contributed by atoms with van der Waals surface area (Å²) in [5.74, 6) is -0.260. The number of aliphatic hydroxyl groups is 4. The van der Waals surface area contributed by atoms with Crippen LogP contribution >= 0.6 is 0 Å². The molecule has 0 radical (unpaired) electrons. The van der Waals surface area contributed by atoms with Crippen LogP contribution < -0.4 is 5.32 Å². The van der Waals surface area contributed by atoms with E-state index in [1.165, 1.54) is 238 Å². The van der Waals surface area contributed by atoms with E-state index in [0.29, 0.717) is 6.42 Å². The number of aliphatic hydroxyl groups excluding tert-OH is 4. The van der Waals surface area contributed by atoms with Crippen LogP contribution in [0.4, 0.5) is 0 Å². The number of carbonyl (C=O) groups excluding carboxylic acids is 1. The van der Waals surface area contributed by atoms with Crippen LogP contribution in [0.3, 0.4) is 0 Å². The first-order chi connectivity index (χ1) is 36.5. The highest BCUT2D eigenvalue weighted by Crippen LogP contribution is 2.26. The van der Waals surface area contributed by atoms with Gasteiger partial charge < -0.3 is 35.2 Å². The first-order valence-electron chi connectivity index (χ1n) is 31.7. The van der Waals surface area contributed by atoms with Crippen LogP contribution in [0.1, 0.15) is 309 Å². The van der Waals surface area contributed by atoms with Crippen molar-refractivity contribution in [1.82, 2.24) is 5.32 Å². The summed E-state index contributed by atoms with van der Waals surface area (Å²) >= 11 is 0. The third-order valence-corrected chi connectivity index (χ3v) is 15.7. The first kappa shape index (κ1) is 71.6. The average molecular weight is 1090 g/mol. The summed E-state index contributed by atoms with van der Waals surface area (Å²) in [6.45, 7) is 3.45. The fourth-order valence-electron chi connectivity index (χ4n) is 10.3. The molecule has 444 valence electrons. The van der Waals surface area contributed by atoms with E-state index >= 15 is 0 Å². The van der Waals surface area contributed by atoms with E-state index in [9.17, 15) is 38.2 Å². The van der Waals surface area contributed by atoms with Gasteiger partial charge in [0.2, 0.25) is 5.91 Å². The number of allylic oxidation sites excluding steroid dienone is 3. The average Bonchev–Trinajstić information content (AvgIpc) is 3.39. The van der Waals surface area contributed by atoms with Crippen molar-refractivity contribution in [3.63, 3.8) is 0 Å². The van der Waals surface area contributed by atoms with Gasteiger partial charge in [0, 0.05) is 6.42 Å². The molecule has 75 heavy (non-hydrogen) atoms. The molecule has 1 amide bonds. The topological polar surface area (TPSA) is 192 Å². The van der Waals surface area contributed by atoms with E-state index in [2.05, 4.69) is 35.5 Å². The maximum Gasteiger partial charge on any atom is 0.397 e. The Morgan fingerprint density at radius 1 is 0.520 bits per heavy atom. The Hall–Kier alpha value is -1.42. The lowest BCUT2D eigenvalue weighted by Gasteiger charge is -2.41. The minimum absolute atomic E-state index is 0.260. The molecule has 1 fully saturated rings. The number of nitrogens with one attached hydrogen (secondary N) is 1. The van der Waals surface area contributed by atoms with Crippen molar-refractivity contribution in [2.45, 2.75) is 352 Å². The second kappa shape index (κ2) is 52.0. The summed E-state index contributed by atoms with van der Waals surface area (Å²) < 4.78 is 47.9. The van der Waals surface area contributed by atoms with Crippen LogP contribution in [0.25, 0.3) is 0 Å². The van der Waals surface area contributed by atoms with E-state index in [-0.39, 0.29) is 18.9 Å². The van der Waals surface area contributed by atoms with Gasteiger partial charge in [0.15, 0.2) is 6.29 Å². The Labute approximate surface area is 461 Å². The number of carbonyl (C=O) groups is 1. The molecule has 6 N–H and O–H groups in total. The highest BCUT2D eigenvalue weighted by Gasteiger charge is 2.48. The van der Waals surface area contributed by atoms with Gasteiger partial charge in [-0.25, -0.2) is 4.18 Å². The number of hydrogen-bond donors (Lipinski definition) is 6. The molecule has 0 saturated carbocycles. The zero-order valence-corrected chi connectivity index (χ0v) is 49.2. The van der Waals surface area contributed by atoms with Crippen molar-refractivity contribution in [2.24, 2.45) is 0 Å². The number of hydrogen-bond acceptors (Lipinski definition) is 10. The third-order valence-electron chi connectivity index (χ3n) is 15.2. The lowest BCUT2D eigenvalue weighted by Crippen LogP contribution is -2.61. The third kappa shape index (κ3) is 44.1. The molecule has 0 bridgehead atoms. The molecule has 7 atom stereocenters. The minimum Gasteiger partial charge on any atom is -0.394 e. The van der Waals surface area contributed by atoms with Crippen LogP contribution in [0, 0.1) is 0 Å². The Kier molecular flexibility index (Phi) is 49.6. The van der Waals surface area contributed by atoms with Crippen LogP contribution in [-0.4, -0.2) is 95.4 Å². The number of ether oxygens (including phenoxy) is 2. The van der Waals surface area contributed by atoms with Crippen LogP contribution in [0.5, 0.6) is 0 Å². The Morgan fingerprint density at radius 3 is 1.20 bits per heavy atom. The monoisotopic (exact) mass is 1090 g/mol. The summed E-state index contributed by atoms with van der Waals surface area (Å²) in [6.07, 6.45) is 56.6. The second-order valence-corrected chi connectivity index (χ2v) is 23.4. The zero-order valence-electron chi connectivity index (χ0n) is 48.4. The molecule has 0 aromatic heterocycles. The molecule has 1 aliphatic rings. The van der Waals surface area contributed by atoms with Crippen molar-refractivity contribution in [2.75, 3.05) is 13.2 Å². The van der Waals surface area contributed by atoms with Crippen molar-refractivity contribution >= 4 is 16.3 Å². The van der Waals surface area contributed by atoms with Crippen LogP contribution in [0.2, 0.25) is 0 Å². The Bertz CT molecular complexity index is 1420. The largest absolute Gasteiger partial charge is 0.397 e. The normalized spacial score (nSPS) is 19.2. The van der Waals surface area contributed by atoms with Gasteiger partial charge in [0.25, 0.3) is 0 Å². The number of unbranched alkanes of at least 4 members (excludes halogenated alkanes) is 42. The van der Waals surface area contributed by atoms with Crippen molar-refractivity contribution in [1.29, 1.82) is 0 Å². The maximum absolute atomic E-state index is 13.2. The van der Waals surface area contributed by atoms with Gasteiger partial charge in [-0.3, -0.25) is 9.35 Å². The van der Waals surface area contributed by atoms with E-state index in [4.69, 9.17) is 9.47 Å². The predicted molar refractivity (Wildman–Crippen MR) is 310 cm³/mol. The van der Waals surface area contributed by atoms with Gasteiger partial charge in [-0.1, -0.05) is 282 Å². The summed E-state index contributed by atoms with van der Waals surface area (Å²) in [6, 6.07) is -0.946. The van der Waals surface area contributed by atoms with Gasteiger partial charge in [0.1, 0.15) is 24.4 Å². The predicted octanol–water partition coefficient (Wildman–Crippen LogP) is 15.6. The summed E-state index contributed by atoms with van der Waals surface area (Å²) in [4.78, 5) is 13.2. The summed E-state index contributed by atoms with van der Waals surface area (Å²) in [5, 5.41) is 45.1. The van der Waals surface area contributed by atoms with Crippen LogP contribution in [-0.2, 0) is 28.9 Å². The molecule has 7 unspecified atom stereocenters.